The predicted octanol–water partition coefficient (Wildman–Crippen LogP) is 8.08. The summed E-state index contributed by atoms with van der Waals surface area (Å²) in [6, 6.07) is 10.4. The third-order valence-corrected chi connectivity index (χ3v) is 6.84. The molecular formula is C34H40F4N6O. The lowest BCUT2D eigenvalue weighted by atomic mass is 10.0. The molecule has 4 rings (SSSR count). The number of carbonyl (C=O) groups excluding carboxylic acids is 1. The Labute approximate surface area is 262 Å². The van der Waals surface area contributed by atoms with Crippen LogP contribution in [0.3, 0.4) is 0 Å². The third-order valence-electron chi connectivity index (χ3n) is 6.84. The third kappa shape index (κ3) is 10.1. The molecule has 3 heterocycles. The van der Waals surface area contributed by atoms with Gasteiger partial charge in [-0.3, -0.25) is 19.1 Å². The van der Waals surface area contributed by atoms with Crippen LogP contribution in [0.5, 0.6) is 0 Å². The molecule has 0 bridgehead atoms. The van der Waals surface area contributed by atoms with Crippen LogP contribution in [0.1, 0.15) is 98.4 Å². The molecule has 0 aliphatic rings. The van der Waals surface area contributed by atoms with E-state index in [4.69, 9.17) is 0 Å². The minimum atomic E-state index is -4.60. The van der Waals surface area contributed by atoms with E-state index in [1.807, 2.05) is 18.7 Å². The van der Waals surface area contributed by atoms with Gasteiger partial charge in [-0.05, 0) is 67.7 Å². The summed E-state index contributed by atoms with van der Waals surface area (Å²) in [5, 5.41) is 10.5. The summed E-state index contributed by atoms with van der Waals surface area (Å²) < 4.78 is 57.1. The molecule has 1 aromatic carbocycles. The maximum absolute atomic E-state index is 13.9. The van der Waals surface area contributed by atoms with Gasteiger partial charge in [0, 0.05) is 24.6 Å². The smallest absolute Gasteiger partial charge is 0.322 e. The lowest BCUT2D eigenvalue weighted by molar-refractivity contribution is -0.138. The molecule has 0 fully saturated rings. The summed E-state index contributed by atoms with van der Waals surface area (Å²) >= 11 is 0. The Balaban J connectivity index is 0.00000102. The van der Waals surface area contributed by atoms with Gasteiger partial charge in [-0.25, -0.2) is 4.39 Å². The molecule has 0 aliphatic carbocycles. The topological polar surface area (TPSA) is 75.4 Å². The Morgan fingerprint density at radius 3 is 2.31 bits per heavy atom. The van der Waals surface area contributed by atoms with Crippen molar-refractivity contribution in [1.82, 2.24) is 24.5 Å². The molecule has 240 valence electrons. The van der Waals surface area contributed by atoms with Crippen molar-refractivity contribution in [3.63, 3.8) is 0 Å². The Morgan fingerprint density at radius 1 is 0.956 bits per heavy atom. The number of hydrogen-bond acceptors (Lipinski definition) is 5. The highest BCUT2D eigenvalue weighted by molar-refractivity contribution is 6.04. The second-order valence-corrected chi connectivity index (χ2v) is 10.5. The number of carbonyl (C=O) groups is 1. The van der Waals surface area contributed by atoms with E-state index in [1.165, 1.54) is 37.5 Å². The molecule has 1 amide bonds. The molecule has 0 atom stereocenters. The number of halogens is 4. The highest BCUT2D eigenvalue weighted by Crippen LogP contribution is 2.34. The quantitative estimate of drug-likeness (QED) is 0.135. The van der Waals surface area contributed by atoms with E-state index in [2.05, 4.69) is 46.2 Å². The summed E-state index contributed by atoms with van der Waals surface area (Å²) in [5.41, 5.74) is 0.0845. The van der Waals surface area contributed by atoms with Crippen molar-refractivity contribution in [3.8, 4) is 11.8 Å². The minimum Gasteiger partial charge on any atom is -0.322 e. The summed E-state index contributed by atoms with van der Waals surface area (Å²) in [6.07, 6.45) is 4.02. The number of hydrogen-bond donors (Lipinski definition) is 1. The van der Waals surface area contributed by atoms with Crippen LogP contribution in [0.4, 0.5) is 23.2 Å². The molecule has 0 saturated heterocycles. The number of amides is 1. The van der Waals surface area contributed by atoms with Gasteiger partial charge in [-0.2, -0.15) is 13.2 Å². The van der Waals surface area contributed by atoms with Crippen LogP contribution in [0.15, 0.2) is 54.9 Å². The molecule has 0 spiro atoms. The first kappa shape index (κ1) is 35.2. The van der Waals surface area contributed by atoms with Gasteiger partial charge >= 0.3 is 6.18 Å². The number of nitrogens with zero attached hydrogens (tertiary/aromatic N) is 5. The zero-order chi connectivity index (χ0) is 32.8. The summed E-state index contributed by atoms with van der Waals surface area (Å²) in [4.78, 5) is 18.9. The molecule has 7 nitrogen and oxygen atoms in total. The van der Waals surface area contributed by atoms with Gasteiger partial charge in [0.25, 0.3) is 5.91 Å². The van der Waals surface area contributed by atoms with Crippen LogP contribution in [0, 0.1) is 11.8 Å². The highest BCUT2D eigenvalue weighted by atomic mass is 19.4. The van der Waals surface area contributed by atoms with Crippen molar-refractivity contribution in [1.29, 1.82) is 0 Å². The fourth-order valence-corrected chi connectivity index (χ4v) is 4.64. The number of nitrogens with one attached hydrogen (secondary N) is 1. The normalized spacial score (nSPS) is 11.1. The van der Waals surface area contributed by atoms with E-state index >= 15 is 0 Å². The molecule has 4 aromatic rings. The maximum atomic E-state index is 13.9. The molecule has 45 heavy (non-hydrogen) atoms. The lowest BCUT2D eigenvalue weighted by Crippen LogP contribution is -2.26. The van der Waals surface area contributed by atoms with Gasteiger partial charge in [0.05, 0.1) is 22.4 Å². The fraction of sp³-hybridized carbons (Fsp3) is 0.412. The van der Waals surface area contributed by atoms with Gasteiger partial charge in [-0.1, -0.05) is 65.0 Å². The molecule has 3 aromatic heterocycles. The number of rotatable bonds is 11. The summed E-state index contributed by atoms with van der Waals surface area (Å²) in [7, 11) is 0. The van der Waals surface area contributed by atoms with E-state index in [0.29, 0.717) is 24.6 Å². The van der Waals surface area contributed by atoms with Crippen LogP contribution in [0.25, 0.3) is 5.65 Å². The molecule has 1 N–H and O–H groups in total. The van der Waals surface area contributed by atoms with E-state index in [9.17, 15) is 22.4 Å². The fourth-order valence-electron chi connectivity index (χ4n) is 4.64. The van der Waals surface area contributed by atoms with Crippen LogP contribution in [-0.4, -0.2) is 43.5 Å². The Bertz CT molecular complexity index is 1600. The molecular weight excluding hydrogens is 584 g/mol. The van der Waals surface area contributed by atoms with E-state index in [1.54, 1.807) is 28.8 Å². The zero-order valence-electron chi connectivity index (χ0n) is 26.2. The van der Waals surface area contributed by atoms with Gasteiger partial charge in [0.15, 0.2) is 5.65 Å². The van der Waals surface area contributed by atoms with Crippen LogP contribution >= 0.6 is 0 Å². The average molecular weight is 625 g/mol. The van der Waals surface area contributed by atoms with Crippen molar-refractivity contribution in [2.45, 2.75) is 79.2 Å². The summed E-state index contributed by atoms with van der Waals surface area (Å²) in [6.45, 7) is 8.99. The lowest BCUT2D eigenvalue weighted by Gasteiger charge is -2.23. The number of alkyl halides is 4. The van der Waals surface area contributed by atoms with E-state index < -0.39 is 24.3 Å². The number of fused-ring (bicyclic) bond motifs is 1. The van der Waals surface area contributed by atoms with Crippen molar-refractivity contribution >= 4 is 17.2 Å². The Morgan fingerprint density at radius 2 is 1.69 bits per heavy atom. The number of unbranched alkanes of at least 4 members (excludes halogenated alkanes) is 2. The number of aromatic nitrogens is 4. The first-order chi connectivity index (χ1) is 21.6. The zero-order valence-corrected chi connectivity index (χ0v) is 26.2. The van der Waals surface area contributed by atoms with E-state index in [-0.39, 0.29) is 34.6 Å². The van der Waals surface area contributed by atoms with Crippen LogP contribution < -0.4 is 5.32 Å². The standard InChI is InChI=1S/C29H28F4N6O.C5H12/c1-3-12-38(13-4-2)19-21-8-10-23(16-24(21)29(31,32)33)35-28(40)22-15-20(25(17-30)34-18-22)9-11-27-37-36-26-7-5-6-14-39(26)27;1-3-5-4-2/h5-8,10,14-16,18H,3-4,12-13,17,19H2,1-2H3,(H,35,40);3-5H2,1-2H3. The number of benzene rings is 1. The Hall–Kier alpha value is -4.30. The van der Waals surface area contributed by atoms with Crippen LogP contribution in [-0.2, 0) is 19.4 Å². The maximum Gasteiger partial charge on any atom is 0.416 e. The average Bonchev–Trinajstić information content (AvgIpc) is 3.44. The van der Waals surface area contributed by atoms with E-state index in [0.717, 1.165) is 25.1 Å². The summed E-state index contributed by atoms with van der Waals surface area (Å²) in [5.74, 6) is 5.21. The first-order valence-electron chi connectivity index (χ1n) is 15.2. The van der Waals surface area contributed by atoms with Gasteiger partial charge < -0.3 is 5.32 Å². The molecule has 0 aliphatic heterocycles. The number of anilines is 1. The SMILES string of the molecule is CCCCC.CCCN(CCC)Cc1ccc(NC(=O)c2cnc(CF)c(C#Cc3nnc4ccccn34)c2)cc1C(F)(F)F. The van der Waals surface area contributed by atoms with Crippen molar-refractivity contribution in [2.24, 2.45) is 0 Å². The molecule has 0 radical (unpaired) electrons. The second kappa shape index (κ2) is 17.3. The van der Waals surface area contributed by atoms with Crippen LogP contribution in [0.2, 0.25) is 0 Å². The monoisotopic (exact) mass is 624 g/mol. The highest BCUT2D eigenvalue weighted by Gasteiger charge is 2.34. The molecule has 0 unspecified atom stereocenters. The van der Waals surface area contributed by atoms with Gasteiger partial charge in [-0.15, -0.1) is 10.2 Å². The predicted molar refractivity (Wildman–Crippen MR) is 168 cm³/mol. The molecule has 11 heteroatoms. The largest absolute Gasteiger partial charge is 0.416 e. The Kier molecular flexibility index (Phi) is 13.5. The second-order valence-electron chi connectivity index (χ2n) is 10.5. The van der Waals surface area contributed by atoms with Crippen molar-refractivity contribution in [3.05, 3.63) is 88.6 Å². The van der Waals surface area contributed by atoms with Gasteiger partial charge in [0.1, 0.15) is 6.67 Å². The van der Waals surface area contributed by atoms with Gasteiger partial charge in [0.2, 0.25) is 5.82 Å². The van der Waals surface area contributed by atoms with Crippen molar-refractivity contribution in [2.75, 3.05) is 18.4 Å². The molecule has 0 saturated carbocycles. The van der Waals surface area contributed by atoms with Crippen molar-refractivity contribution < 1.29 is 22.4 Å². The minimum absolute atomic E-state index is 0.0160. The first-order valence-corrected chi connectivity index (χ1v) is 15.2. The number of pyridine rings is 2.